The van der Waals surface area contributed by atoms with E-state index in [4.69, 9.17) is 0 Å². The Bertz CT molecular complexity index is 1460. The van der Waals surface area contributed by atoms with Crippen LogP contribution in [0.25, 0.3) is 10.9 Å². The molecule has 200 valence electrons. The molecule has 1 aliphatic rings. The van der Waals surface area contributed by atoms with E-state index in [1.165, 1.54) is 29.6 Å². The third kappa shape index (κ3) is 6.67. The molecule has 2 heterocycles. The molecule has 0 bridgehead atoms. The van der Waals surface area contributed by atoms with E-state index < -0.39 is 21.3 Å². The van der Waals surface area contributed by atoms with Gasteiger partial charge < -0.3 is 15.6 Å². The molecule has 1 unspecified atom stereocenters. The van der Waals surface area contributed by atoms with Crippen LogP contribution in [0.4, 0.5) is 0 Å². The van der Waals surface area contributed by atoms with Gasteiger partial charge in [0.15, 0.2) is 0 Å². The van der Waals surface area contributed by atoms with Crippen molar-refractivity contribution >= 4 is 39.2 Å². The van der Waals surface area contributed by atoms with Crippen molar-refractivity contribution in [1.82, 2.24) is 24.5 Å². The number of fused-ring (bicyclic) bond motifs is 1. The van der Waals surface area contributed by atoms with Gasteiger partial charge in [0.1, 0.15) is 0 Å². The summed E-state index contributed by atoms with van der Waals surface area (Å²) in [6.45, 7) is 1.54. The monoisotopic (exact) mass is 549 g/mol. The maximum Gasteiger partial charge on any atom is 0.328 e. The van der Waals surface area contributed by atoms with Gasteiger partial charge in [-0.25, -0.2) is 13.2 Å². The number of sulfonamides is 1. The van der Waals surface area contributed by atoms with Crippen molar-refractivity contribution in [3.63, 3.8) is 0 Å². The van der Waals surface area contributed by atoms with E-state index in [2.05, 4.69) is 15.6 Å². The van der Waals surface area contributed by atoms with Gasteiger partial charge in [0.2, 0.25) is 15.9 Å². The highest BCUT2D eigenvalue weighted by Crippen LogP contribution is 2.21. The number of hydrogen-bond acceptors (Lipinski definition) is 6. The lowest BCUT2D eigenvalue weighted by Crippen LogP contribution is -2.35. The molecule has 10 nitrogen and oxygen atoms in total. The normalized spacial score (nSPS) is 18.6. The van der Waals surface area contributed by atoms with E-state index in [-0.39, 0.29) is 46.7 Å². The Balaban J connectivity index is 0.00000380. The summed E-state index contributed by atoms with van der Waals surface area (Å²) < 4.78 is 29.4. The number of carbonyl (C=O) groups excluding carboxylic acids is 1. The highest BCUT2D eigenvalue weighted by Gasteiger charge is 2.25. The van der Waals surface area contributed by atoms with Gasteiger partial charge in [0.25, 0.3) is 5.56 Å². The Labute approximate surface area is 221 Å². The Morgan fingerprint density at radius 3 is 2.41 bits per heavy atom. The summed E-state index contributed by atoms with van der Waals surface area (Å²) >= 11 is 0. The van der Waals surface area contributed by atoms with Gasteiger partial charge in [-0.1, -0.05) is 30.3 Å². The number of carbonyl (C=O) groups is 1. The molecule has 1 aromatic heterocycles. The third-order valence-electron chi connectivity index (χ3n) is 6.43. The van der Waals surface area contributed by atoms with Crippen LogP contribution in [0.5, 0.6) is 0 Å². The number of aromatic nitrogens is 2. The highest BCUT2D eigenvalue weighted by molar-refractivity contribution is 7.89. The number of halogens is 1. The summed E-state index contributed by atoms with van der Waals surface area (Å²) in [5.41, 5.74) is 0.203. The zero-order chi connectivity index (χ0) is 25.7. The predicted octanol–water partition coefficient (Wildman–Crippen LogP) is 1.66. The molecule has 1 amide bonds. The van der Waals surface area contributed by atoms with Crippen LogP contribution >= 0.6 is 12.4 Å². The quantitative estimate of drug-likeness (QED) is 0.455. The van der Waals surface area contributed by atoms with Gasteiger partial charge in [0.05, 0.1) is 15.8 Å². The molecule has 3 N–H and O–H groups in total. The standard InChI is InChI=1S/C25H31N5O5S.ClH/c1-29-24(32)20-16-19(10-11-21(20)28-25(29)33)36(34,35)30-14-6-5-12-26-22(18-8-3-2-4-9-18)17-23(31)27-13-7-15-30;/h2-4,8-11,16,22,26H,5-7,12-15,17H2,1H3,(H,27,31)(H,28,33);1H. The topological polar surface area (TPSA) is 133 Å². The van der Waals surface area contributed by atoms with Crippen LogP contribution in [0.1, 0.15) is 37.3 Å². The van der Waals surface area contributed by atoms with Crippen molar-refractivity contribution in [1.29, 1.82) is 0 Å². The number of aromatic amines is 1. The minimum absolute atomic E-state index is 0. The summed E-state index contributed by atoms with van der Waals surface area (Å²) in [6.07, 6.45) is 2.13. The van der Waals surface area contributed by atoms with Gasteiger partial charge in [-0.3, -0.25) is 14.2 Å². The predicted molar refractivity (Wildman–Crippen MR) is 144 cm³/mol. The largest absolute Gasteiger partial charge is 0.356 e. The maximum atomic E-state index is 13.5. The fourth-order valence-corrected chi connectivity index (χ4v) is 5.91. The van der Waals surface area contributed by atoms with E-state index in [9.17, 15) is 22.8 Å². The first-order valence-electron chi connectivity index (χ1n) is 12.1. The lowest BCUT2D eigenvalue weighted by molar-refractivity contribution is -0.121. The molecule has 3 aromatic rings. The first-order valence-corrected chi connectivity index (χ1v) is 13.5. The van der Waals surface area contributed by atoms with Crippen LogP contribution in [0.2, 0.25) is 0 Å². The van der Waals surface area contributed by atoms with Crippen LogP contribution in [0.3, 0.4) is 0 Å². The molecule has 1 fully saturated rings. The van der Waals surface area contributed by atoms with Crippen molar-refractivity contribution in [2.24, 2.45) is 7.05 Å². The summed E-state index contributed by atoms with van der Waals surface area (Å²) in [5.74, 6) is -0.0932. The lowest BCUT2D eigenvalue weighted by atomic mass is 10.0. The summed E-state index contributed by atoms with van der Waals surface area (Å²) in [7, 11) is -2.56. The molecule has 37 heavy (non-hydrogen) atoms. The van der Waals surface area contributed by atoms with Crippen LogP contribution in [-0.4, -0.2) is 54.4 Å². The van der Waals surface area contributed by atoms with E-state index in [1.807, 2.05) is 30.3 Å². The molecule has 1 atom stereocenters. The molecule has 0 saturated carbocycles. The molecule has 4 rings (SSSR count). The van der Waals surface area contributed by atoms with Crippen molar-refractivity contribution in [3.8, 4) is 0 Å². The summed E-state index contributed by atoms with van der Waals surface area (Å²) in [6, 6.07) is 13.9. The number of hydrogen-bond donors (Lipinski definition) is 3. The van der Waals surface area contributed by atoms with E-state index >= 15 is 0 Å². The van der Waals surface area contributed by atoms with Crippen LogP contribution in [0, 0.1) is 0 Å². The number of rotatable bonds is 3. The van der Waals surface area contributed by atoms with Crippen molar-refractivity contribution < 1.29 is 13.2 Å². The average Bonchev–Trinajstić information content (AvgIpc) is 2.89. The molecular formula is C25H32ClN5O5S. The second-order valence-corrected chi connectivity index (χ2v) is 10.9. The smallest absolute Gasteiger partial charge is 0.328 e. The Hall–Kier alpha value is -2.99. The molecule has 0 aliphatic carbocycles. The van der Waals surface area contributed by atoms with Crippen molar-refractivity contribution in [2.45, 2.75) is 36.6 Å². The lowest BCUT2D eigenvalue weighted by Gasteiger charge is -2.22. The van der Waals surface area contributed by atoms with Crippen LogP contribution in [0.15, 0.2) is 63.0 Å². The van der Waals surface area contributed by atoms with E-state index in [1.54, 1.807) is 0 Å². The van der Waals surface area contributed by atoms with Crippen LogP contribution < -0.4 is 21.9 Å². The van der Waals surface area contributed by atoms with Crippen molar-refractivity contribution in [2.75, 3.05) is 26.2 Å². The number of nitrogens with one attached hydrogen (secondary N) is 3. The van der Waals surface area contributed by atoms with Gasteiger partial charge in [-0.05, 0) is 49.6 Å². The number of H-pyrrole nitrogens is 1. The maximum absolute atomic E-state index is 13.5. The molecule has 12 heteroatoms. The zero-order valence-electron chi connectivity index (χ0n) is 20.6. The van der Waals surface area contributed by atoms with Crippen LogP contribution in [-0.2, 0) is 21.9 Å². The van der Waals surface area contributed by atoms with Gasteiger partial charge >= 0.3 is 5.69 Å². The first-order chi connectivity index (χ1) is 17.3. The number of nitrogens with zero attached hydrogens (tertiary/aromatic N) is 2. The molecule has 2 aromatic carbocycles. The highest BCUT2D eigenvalue weighted by atomic mass is 35.5. The summed E-state index contributed by atoms with van der Waals surface area (Å²) in [4.78, 5) is 39.5. The molecule has 1 saturated heterocycles. The fourth-order valence-electron chi connectivity index (χ4n) is 4.37. The average molecular weight is 550 g/mol. The van der Waals surface area contributed by atoms with E-state index in [0.29, 0.717) is 38.9 Å². The molecular weight excluding hydrogens is 518 g/mol. The van der Waals surface area contributed by atoms with Gasteiger partial charge in [-0.15, -0.1) is 12.4 Å². The zero-order valence-corrected chi connectivity index (χ0v) is 22.2. The number of amides is 1. The minimum atomic E-state index is -3.90. The van der Waals surface area contributed by atoms with Gasteiger partial charge in [0, 0.05) is 39.1 Å². The fraction of sp³-hybridized carbons (Fsp3) is 0.400. The third-order valence-corrected chi connectivity index (χ3v) is 8.33. The second-order valence-electron chi connectivity index (χ2n) is 8.94. The number of benzene rings is 2. The Kier molecular flexibility index (Phi) is 9.66. The molecule has 0 spiro atoms. The Morgan fingerprint density at radius 1 is 0.919 bits per heavy atom. The molecule has 0 radical (unpaired) electrons. The van der Waals surface area contributed by atoms with Crippen molar-refractivity contribution in [3.05, 3.63) is 74.9 Å². The molecule has 1 aliphatic heterocycles. The SMILES string of the molecule is Cl.Cn1c(=O)[nH]c2ccc(S(=O)(=O)N3CCCCNC(c4ccccc4)CC(=O)NCCC3)cc2c1=O. The minimum Gasteiger partial charge on any atom is -0.356 e. The summed E-state index contributed by atoms with van der Waals surface area (Å²) in [5, 5.41) is 6.46. The first kappa shape index (κ1) is 28.6. The van der Waals surface area contributed by atoms with E-state index in [0.717, 1.165) is 16.6 Å². The second kappa shape index (κ2) is 12.5. The van der Waals surface area contributed by atoms with Gasteiger partial charge in [-0.2, -0.15) is 4.31 Å². The Morgan fingerprint density at radius 2 is 1.65 bits per heavy atom.